The van der Waals surface area contributed by atoms with Gasteiger partial charge in [-0.25, -0.2) is 0 Å². The Labute approximate surface area is 130 Å². The molecule has 0 radical (unpaired) electrons. The van der Waals surface area contributed by atoms with Crippen molar-refractivity contribution in [2.24, 2.45) is 0 Å². The molecule has 0 aliphatic carbocycles. The molecule has 0 atom stereocenters. The molecule has 21 heavy (non-hydrogen) atoms. The zero-order chi connectivity index (χ0) is 15.8. The van der Waals surface area contributed by atoms with Crippen LogP contribution in [0.4, 0.5) is 0 Å². The molecule has 2 aromatic rings. The van der Waals surface area contributed by atoms with Gasteiger partial charge in [0.25, 0.3) is 5.91 Å². The summed E-state index contributed by atoms with van der Waals surface area (Å²) in [6.45, 7) is 9.88. The summed E-state index contributed by atoms with van der Waals surface area (Å²) in [7, 11) is 0. The minimum Gasteiger partial charge on any atom is -0.347 e. The highest BCUT2D eigenvalue weighted by Gasteiger charge is 2.20. The van der Waals surface area contributed by atoms with E-state index in [2.05, 4.69) is 9.88 Å². The summed E-state index contributed by atoms with van der Waals surface area (Å²) in [5, 5.41) is 3.70. The highest BCUT2D eigenvalue weighted by atomic mass is 35.5. The van der Waals surface area contributed by atoms with Gasteiger partial charge in [0, 0.05) is 27.6 Å². The van der Waals surface area contributed by atoms with Crippen molar-refractivity contribution in [3.63, 3.8) is 0 Å². The first-order chi connectivity index (χ1) is 9.69. The predicted octanol–water partition coefficient (Wildman–Crippen LogP) is 4.28. The molecule has 2 rings (SSSR count). The summed E-state index contributed by atoms with van der Waals surface area (Å²) >= 11 is 5.93. The molecule has 0 unspecified atom stereocenters. The average molecular weight is 305 g/mol. The molecule has 0 saturated carbocycles. The lowest BCUT2D eigenvalue weighted by molar-refractivity contribution is 0.0919. The molecular weight excluding hydrogens is 284 g/mol. The number of halogens is 1. The first-order valence-electron chi connectivity index (χ1n) is 6.96. The summed E-state index contributed by atoms with van der Waals surface area (Å²) in [5.74, 6) is -0.0455. The Kier molecular flexibility index (Phi) is 4.15. The maximum Gasteiger partial charge on any atom is 0.253 e. The topological polar surface area (TPSA) is 34.0 Å². The number of hydrogen-bond acceptors (Lipinski definition) is 1. The molecule has 3 nitrogen and oxygen atoms in total. The fraction of sp³-hybridized carbons (Fsp3) is 0.353. The van der Waals surface area contributed by atoms with Gasteiger partial charge >= 0.3 is 0 Å². The summed E-state index contributed by atoms with van der Waals surface area (Å²) in [6, 6.07) is 9.53. The Balaban J connectivity index is 2.42. The van der Waals surface area contributed by atoms with Gasteiger partial charge in [0.05, 0.1) is 5.56 Å². The van der Waals surface area contributed by atoms with Crippen LogP contribution in [0, 0.1) is 13.8 Å². The molecule has 4 heteroatoms. The van der Waals surface area contributed by atoms with E-state index in [1.54, 1.807) is 0 Å². The Bertz CT molecular complexity index is 663. The van der Waals surface area contributed by atoms with Crippen molar-refractivity contribution < 1.29 is 4.79 Å². The molecule has 1 heterocycles. The van der Waals surface area contributed by atoms with Crippen LogP contribution in [-0.4, -0.2) is 16.0 Å². The molecule has 0 saturated heterocycles. The predicted molar refractivity (Wildman–Crippen MR) is 87.5 cm³/mol. The fourth-order valence-corrected chi connectivity index (χ4v) is 2.51. The maximum atomic E-state index is 12.4. The number of benzene rings is 1. The van der Waals surface area contributed by atoms with Gasteiger partial charge in [-0.15, -0.1) is 0 Å². The highest BCUT2D eigenvalue weighted by Crippen LogP contribution is 2.22. The Morgan fingerprint density at radius 3 is 2.24 bits per heavy atom. The fourth-order valence-electron chi connectivity index (χ4n) is 2.39. The largest absolute Gasteiger partial charge is 0.347 e. The van der Waals surface area contributed by atoms with Crippen LogP contribution in [0.25, 0.3) is 5.69 Å². The molecule has 0 spiro atoms. The number of hydrogen-bond donors (Lipinski definition) is 1. The van der Waals surface area contributed by atoms with Crippen LogP contribution in [-0.2, 0) is 0 Å². The van der Waals surface area contributed by atoms with Crippen LogP contribution in [0.15, 0.2) is 30.3 Å². The second-order valence-corrected chi connectivity index (χ2v) is 6.74. The van der Waals surface area contributed by atoms with E-state index in [-0.39, 0.29) is 11.4 Å². The number of nitrogens with one attached hydrogen (secondary N) is 1. The zero-order valence-electron chi connectivity index (χ0n) is 13.1. The van der Waals surface area contributed by atoms with E-state index in [0.717, 1.165) is 17.1 Å². The number of aryl methyl sites for hydroxylation is 1. The number of amides is 1. The van der Waals surface area contributed by atoms with Crippen LogP contribution in [0.5, 0.6) is 0 Å². The number of nitrogens with zero attached hydrogens (tertiary/aromatic N) is 1. The lowest BCUT2D eigenvalue weighted by Crippen LogP contribution is -2.40. The molecule has 0 aliphatic rings. The average Bonchev–Trinajstić information content (AvgIpc) is 2.64. The second kappa shape index (κ2) is 5.57. The second-order valence-electron chi connectivity index (χ2n) is 6.30. The van der Waals surface area contributed by atoms with Crippen molar-refractivity contribution in [1.29, 1.82) is 0 Å². The molecule has 1 amide bonds. The Morgan fingerprint density at radius 1 is 1.14 bits per heavy atom. The third-order valence-electron chi connectivity index (χ3n) is 3.25. The maximum absolute atomic E-state index is 12.4. The van der Waals surface area contributed by atoms with Crippen molar-refractivity contribution in [2.45, 2.75) is 40.2 Å². The Hall–Kier alpha value is -1.74. The number of carbonyl (C=O) groups is 1. The molecule has 1 N–H and O–H groups in total. The van der Waals surface area contributed by atoms with Crippen LogP contribution in [0.1, 0.15) is 42.5 Å². The standard InChI is InChI=1S/C17H21ClN2O/c1-11-10-15(16(21)19-17(3,4)5)12(2)20(11)14-8-6-13(18)7-9-14/h6-10H,1-5H3,(H,19,21). The first-order valence-corrected chi connectivity index (χ1v) is 7.34. The van der Waals surface area contributed by atoms with E-state index in [1.165, 1.54) is 0 Å². The molecule has 112 valence electrons. The van der Waals surface area contributed by atoms with Gasteiger partial charge in [0.15, 0.2) is 0 Å². The molecule has 0 bridgehead atoms. The molecule has 0 fully saturated rings. The van der Waals surface area contributed by atoms with Crippen LogP contribution in [0.2, 0.25) is 5.02 Å². The first kappa shape index (κ1) is 15.6. The van der Waals surface area contributed by atoms with Crippen molar-refractivity contribution >= 4 is 17.5 Å². The van der Waals surface area contributed by atoms with E-state index in [9.17, 15) is 4.79 Å². The van der Waals surface area contributed by atoms with E-state index in [1.807, 2.05) is 65.0 Å². The number of rotatable bonds is 2. The van der Waals surface area contributed by atoms with E-state index < -0.39 is 0 Å². The number of aromatic nitrogens is 1. The van der Waals surface area contributed by atoms with Crippen LogP contribution < -0.4 is 5.32 Å². The smallest absolute Gasteiger partial charge is 0.253 e. The third-order valence-corrected chi connectivity index (χ3v) is 3.50. The van der Waals surface area contributed by atoms with Gasteiger partial charge < -0.3 is 9.88 Å². The van der Waals surface area contributed by atoms with Gasteiger partial charge in [0.1, 0.15) is 0 Å². The van der Waals surface area contributed by atoms with Gasteiger partial charge in [-0.05, 0) is 65.0 Å². The van der Waals surface area contributed by atoms with Gasteiger partial charge in [0.2, 0.25) is 0 Å². The summed E-state index contributed by atoms with van der Waals surface area (Å²) in [6.07, 6.45) is 0. The molecule has 1 aromatic heterocycles. The quantitative estimate of drug-likeness (QED) is 0.883. The van der Waals surface area contributed by atoms with Crippen molar-refractivity contribution in [2.75, 3.05) is 0 Å². The monoisotopic (exact) mass is 304 g/mol. The van der Waals surface area contributed by atoms with E-state index in [0.29, 0.717) is 10.6 Å². The SMILES string of the molecule is Cc1cc(C(=O)NC(C)(C)C)c(C)n1-c1ccc(Cl)cc1. The summed E-state index contributed by atoms with van der Waals surface area (Å²) in [5.41, 5.74) is 3.41. The van der Waals surface area contributed by atoms with E-state index in [4.69, 9.17) is 11.6 Å². The minimum atomic E-state index is -0.250. The number of carbonyl (C=O) groups excluding carboxylic acids is 1. The molecule has 0 aliphatic heterocycles. The highest BCUT2D eigenvalue weighted by molar-refractivity contribution is 6.30. The van der Waals surface area contributed by atoms with Gasteiger partial charge in [-0.2, -0.15) is 0 Å². The zero-order valence-corrected chi connectivity index (χ0v) is 13.9. The minimum absolute atomic E-state index is 0.0455. The van der Waals surface area contributed by atoms with Gasteiger partial charge in [-0.3, -0.25) is 4.79 Å². The van der Waals surface area contributed by atoms with Gasteiger partial charge in [-0.1, -0.05) is 11.6 Å². The summed E-state index contributed by atoms with van der Waals surface area (Å²) < 4.78 is 2.06. The van der Waals surface area contributed by atoms with Crippen molar-refractivity contribution in [3.05, 3.63) is 52.3 Å². The summed E-state index contributed by atoms with van der Waals surface area (Å²) in [4.78, 5) is 12.4. The molecular formula is C17H21ClN2O. The molecule has 1 aromatic carbocycles. The van der Waals surface area contributed by atoms with E-state index >= 15 is 0 Å². The normalized spacial score (nSPS) is 11.5. The van der Waals surface area contributed by atoms with Crippen molar-refractivity contribution in [3.8, 4) is 5.69 Å². The van der Waals surface area contributed by atoms with Crippen molar-refractivity contribution in [1.82, 2.24) is 9.88 Å². The Morgan fingerprint density at radius 2 is 1.71 bits per heavy atom. The van der Waals surface area contributed by atoms with Crippen LogP contribution in [0.3, 0.4) is 0 Å². The van der Waals surface area contributed by atoms with Crippen LogP contribution >= 0.6 is 11.6 Å². The lowest BCUT2D eigenvalue weighted by atomic mass is 10.1. The lowest BCUT2D eigenvalue weighted by Gasteiger charge is -2.20. The third kappa shape index (κ3) is 3.48.